The van der Waals surface area contributed by atoms with Gasteiger partial charge in [0.05, 0.1) is 0 Å². The molecule has 4 N–H and O–H groups in total. The van der Waals surface area contributed by atoms with Crippen LogP contribution < -0.4 is 5.73 Å². The van der Waals surface area contributed by atoms with Crippen LogP contribution >= 0.6 is 0 Å². The molecule has 0 saturated carbocycles. The van der Waals surface area contributed by atoms with Gasteiger partial charge in [0.15, 0.2) is 11.5 Å². The van der Waals surface area contributed by atoms with Crippen molar-refractivity contribution in [2.75, 3.05) is 6.54 Å². The van der Waals surface area contributed by atoms with Gasteiger partial charge in [0, 0.05) is 11.5 Å². The van der Waals surface area contributed by atoms with Gasteiger partial charge >= 0.3 is 0 Å². The molecule has 18 heavy (non-hydrogen) atoms. The van der Waals surface area contributed by atoms with Gasteiger partial charge in [0.2, 0.25) is 11.7 Å². The van der Waals surface area contributed by atoms with E-state index in [2.05, 4.69) is 10.1 Å². The summed E-state index contributed by atoms with van der Waals surface area (Å²) >= 11 is 0. The second-order valence-electron chi connectivity index (χ2n) is 4.14. The number of nitrogens with zero attached hydrogens (tertiary/aromatic N) is 2. The molecular weight excluding hydrogens is 234 g/mol. The fourth-order valence-electron chi connectivity index (χ4n) is 1.59. The van der Waals surface area contributed by atoms with Gasteiger partial charge in [0.1, 0.15) is 0 Å². The van der Waals surface area contributed by atoms with Crippen LogP contribution in [0.2, 0.25) is 0 Å². The Kier molecular flexibility index (Phi) is 3.47. The quantitative estimate of drug-likeness (QED) is 0.711. The van der Waals surface area contributed by atoms with Crippen LogP contribution in [0.4, 0.5) is 0 Å². The Morgan fingerprint density at radius 2 is 2.11 bits per heavy atom. The standard InChI is InChI=1S/C12H15N3O3/c1-7(4-5-13)12-14-11(15-18-12)8-2-3-9(16)10(17)6-8/h2-3,6-7,16-17H,4-5,13H2,1H3. The van der Waals surface area contributed by atoms with Gasteiger partial charge in [-0.25, -0.2) is 0 Å². The van der Waals surface area contributed by atoms with Crippen molar-refractivity contribution >= 4 is 0 Å². The zero-order valence-electron chi connectivity index (χ0n) is 10.00. The SMILES string of the molecule is CC(CCN)c1nc(-c2ccc(O)c(O)c2)no1. The molecule has 2 rings (SSSR count). The highest BCUT2D eigenvalue weighted by molar-refractivity contribution is 5.59. The van der Waals surface area contributed by atoms with Crippen LogP contribution in [0.15, 0.2) is 22.7 Å². The molecule has 0 aliphatic rings. The molecule has 0 fully saturated rings. The summed E-state index contributed by atoms with van der Waals surface area (Å²) in [4.78, 5) is 4.24. The van der Waals surface area contributed by atoms with E-state index in [1.54, 1.807) is 6.07 Å². The van der Waals surface area contributed by atoms with Crippen molar-refractivity contribution in [3.8, 4) is 22.9 Å². The molecule has 6 nitrogen and oxygen atoms in total. The number of aromatic nitrogens is 2. The Bertz CT molecular complexity index is 539. The average Bonchev–Trinajstić information content (AvgIpc) is 2.82. The first kappa shape index (κ1) is 12.4. The highest BCUT2D eigenvalue weighted by Gasteiger charge is 2.15. The van der Waals surface area contributed by atoms with Crippen molar-refractivity contribution in [1.82, 2.24) is 10.1 Å². The van der Waals surface area contributed by atoms with E-state index >= 15 is 0 Å². The van der Waals surface area contributed by atoms with Gasteiger partial charge < -0.3 is 20.5 Å². The van der Waals surface area contributed by atoms with E-state index < -0.39 is 0 Å². The highest BCUT2D eigenvalue weighted by Crippen LogP contribution is 2.29. The summed E-state index contributed by atoms with van der Waals surface area (Å²) in [5.41, 5.74) is 6.05. The predicted molar refractivity (Wildman–Crippen MR) is 65.2 cm³/mol. The lowest BCUT2D eigenvalue weighted by Gasteiger charge is -2.02. The van der Waals surface area contributed by atoms with Crippen LogP contribution in [-0.2, 0) is 0 Å². The van der Waals surface area contributed by atoms with Crippen molar-refractivity contribution in [2.45, 2.75) is 19.3 Å². The first-order chi connectivity index (χ1) is 8.61. The second kappa shape index (κ2) is 5.05. The molecule has 0 bridgehead atoms. The minimum absolute atomic E-state index is 0.0990. The Morgan fingerprint density at radius 1 is 1.33 bits per heavy atom. The Hall–Kier alpha value is -2.08. The van der Waals surface area contributed by atoms with Gasteiger partial charge in [-0.05, 0) is 31.2 Å². The monoisotopic (exact) mass is 249 g/mol. The van der Waals surface area contributed by atoms with Gasteiger partial charge in [-0.1, -0.05) is 12.1 Å². The summed E-state index contributed by atoms with van der Waals surface area (Å²) in [5, 5.41) is 22.5. The van der Waals surface area contributed by atoms with Crippen molar-refractivity contribution in [3.63, 3.8) is 0 Å². The molecule has 0 spiro atoms. The van der Waals surface area contributed by atoms with Crippen molar-refractivity contribution in [3.05, 3.63) is 24.1 Å². The first-order valence-corrected chi connectivity index (χ1v) is 5.68. The largest absolute Gasteiger partial charge is 0.504 e. The second-order valence-corrected chi connectivity index (χ2v) is 4.14. The third kappa shape index (κ3) is 2.43. The van der Waals surface area contributed by atoms with E-state index in [9.17, 15) is 10.2 Å². The molecular formula is C12H15N3O3. The highest BCUT2D eigenvalue weighted by atomic mass is 16.5. The number of rotatable bonds is 4. The maximum absolute atomic E-state index is 9.41. The molecule has 1 aromatic carbocycles. The summed E-state index contributed by atoms with van der Waals surface area (Å²) in [7, 11) is 0. The topological polar surface area (TPSA) is 105 Å². The average molecular weight is 249 g/mol. The zero-order chi connectivity index (χ0) is 13.1. The van der Waals surface area contributed by atoms with E-state index in [0.29, 0.717) is 23.8 Å². The Morgan fingerprint density at radius 3 is 2.78 bits per heavy atom. The molecule has 0 aliphatic heterocycles. The number of hydrogen-bond acceptors (Lipinski definition) is 6. The van der Waals surface area contributed by atoms with Crippen LogP contribution in [0, 0.1) is 0 Å². The van der Waals surface area contributed by atoms with E-state index in [1.165, 1.54) is 12.1 Å². The van der Waals surface area contributed by atoms with Gasteiger partial charge in [-0.2, -0.15) is 4.98 Å². The van der Waals surface area contributed by atoms with E-state index in [0.717, 1.165) is 6.42 Å². The van der Waals surface area contributed by atoms with Crippen molar-refractivity contribution in [1.29, 1.82) is 0 Å². The maximum Gasteiger partial charge on any atom is 0.229 e. The predicted octanol–water partition coefficient (Wildman–Crippen LogP) is 1.60. The lowest BCUT2D eigenvalue weighted by molar-refractivity contribution is 0.355. The molecule has 6 heteroatoms. The molecule has 0 radical (unpaired) electrons. The number of phenols is 2. The fourth-order valence-corrected chi connectivity index (χ4v) is 1.59. The third-order valence-electron chi connectivity index (χ3n) is 2.70. The van der Waals surface area contributed by atoms with Gasteiger partial charge in [0.25, 0.3) is 0 Å². The maximum atomic E-state index is 9.41. The number of aromatic hydroxyl groups is 2. The van der Waals surface area contributed by atoms with Crippen LogP contribution in [0.5, 0.6) is 11.5 Å². The lowest BCUT2D eigenvalue weighted by Crippen LogP contribution is -2.04. The lowest BCUT2D eigenvalue weighted by atomic mass is 10.1. The van der Waals surface area contributed by atoms with E-state index in [4.69, 9.17) is 10.3 Å². The number of hydrogen-bond donors (Lipinski definition) is 3. The molecule has 2 aromatic rings. The summed E-state index contributed by atoms with van der Waals surface area (Å²) in [6.07, 6.45) is 0.766. The molecule has 96 valence electrons. The molecule has 1 unspecified atom stereocenters. The summed E-state index contributed by atoms with van der Waals surface area (Å²) < 4.78 is 5.14. The normalized spacial score (nSPS) is 12.6. The number of nitrogens with two attached hydrogens (primary N) is 1. The summed E-state index contributed by atoms with van der Waals surface area (Å²) in [6.45, 7) is 2.51. The number of phenolic OH excluding ortho intramolecular Hbond substituents is 2. The minimum atomic E-state index is -0.214. The Labute approximate surface area is 104 Å². The minimum Gasteiger partial charge on any atom is -0.504 e. The fraction of sp³-hybridized carbons (Fsp3) is 0.333. The molecule has 1 atom stereocenters. The van der Waals surface area contributed by atoms with Crippen LogP contribution in [-0.4, -0.2) is 26.9 Å². The van der Waals surface area contributed by atoms with E-state index in [-0.39, 0.29) is 17.4 Å². The van der Waals surface area contributed by atoms with Crippen molar-refractivity contribution < 1.29 is 14.7 Å². The van der Waals surface area contributed by atoms with Crippen LogP contribution in [0.25, 0.3) is 11.4 Å². The summed E-state index contributed by atoms with van der Waals surface area (Å²) in [6, 6.07) is 4.37. The molecule has 1 aromatic heterocycles. The molecule has 0 aliphatic carbocycles. The molecule has 0 saturated heterocycles. The smallest absolute Gasteiger partial charge is 0.229 e. The zero-order valence-corrected chi connectivity index (χ0v) is 10.00. The number of benzene rings is 1. The van der Waals surface area contributed by atoms with Gasteiger partial charge in [-0.3, -0.25) is 0 Å². The first-order valence-electron chi connectivity index (χ1n) is 5.68. The van der Waals surface area contributed by atoms with E-state index in [1.807, 2.05) is 6.92 Å². The van der Waals surface area contributed by atoms with Crippen LogP contribution in [0.3, 0.4) is 0 Å². The molecule has 0 amide bonds. The van der Waals surface area contributed by atoms with Gasteiger partial charge in [-0.15, -0.1) is 0 Å². The summed E-state index contributed by atoms with van der Waals surface area (Å²) in [5.74, 6) is 0.599. The third-order valence-corrected chi connectivity index (χ3v) is 2.70. The molecule has 1 heterocycles. The Balaban J connectivity index is 2.26. The van der Waals surface area contributed by atoms with Crippen molar-refractivity contribution in [2.24, 2.45) is 5.73 Å². The van der Waals surface area contributed by atoms with Crippen LogP contribution in [0.1, 0.15) is 25.2 Å².